The summed E-state index contributed by atoms with van der Waals surface area (Å²) in [6.07, 6.45) is -0.944. The van der Waals surface area contributed by atoms with Gasteiger partial charge < -0.3 is 0 Å². The third kappa shape index (κ3) is 2.92. The average molecular weight is 241 g/mol. The Bertz CT molecular complexity index is 386. The van der Waals surface area contributed by atoms with E-state index in [-0.39, 0.29) is 0 Å². The van der Waals surface area contributed by atoms with Crippen LogP contribution in [0.2, 0.25) is 0 Å². The van der Waals surface area contributed by atoms with Crippen LogP contribution >= 0.6 is 11.6 Å². The number of hydrogen-bond acceptors (Lipinski definition) is 1. The molecule has 0 aromatic heterocycles. The Balaban J connectivity index is 2.91. The quantitative estimate of drug-likeness (QED) is 0.586. The van der Waals surface area contributed by atoms with Gasteiger partial charge in [-0.1, -0.05) is 12.1 Å². The molecule has 1 aromatic carbocycles. The maximum absolute atomic E-state index is 12.9. The van der Waals surface area contributed by atoms with Crippen LogP contribution in [-0.4, -0.2) is 11.2 Å². The molecule has 6 heteroatoms. The number of alkyl halides is 3. The van der Waals surface area contributed by atoms with Crippen molar-refractivity contribution >= 4 is 17.4 Å². The van der Waals surface area contributed by atoms with Crippen molar-refractivity contribution < 1.29 is 22.4 Å². The molecule has 0 saturated carbocycles. The van der Waals surface area contributed by atoms with Gasteiger partial charge in [-0.2, -0.15) is 8.78 Å². The van der Waals surface area contributed by atoms with E-state index in [2.05, 4.69) is 11.6 Å². The Labute approximate surface area is 87.7 Å². The smallest absolute Gasteiger partial charge is 0.291 e. The summed E-state index contributed by atoms with van der Waals surface area (Å²) in [5.74, 6) is -4.18. The van der Waals surface area contributed by atoms with E-state index in [1.54, 1.807) is 0 Å². The van der Waals surface area contributed by atoms with Crippen molar-refractivity contribution in [1.82, 2.24) is 0 Å². The molecule has 0 bridgehead atoms. The van der Waals surface area contributed by atoms with Gasteiger partial charge in [0.25, 0.3) is 0 Å². The first kappa shape index (κ1) is 12.0. The van der Waals surface area contributed by atoms with Crippen LogP contribution in [0.25, 0.3) is 0 Å². The maximum Gasteiger partial charge on any atom is 0.380 e. The molecule has 1 nitrogen and oxygen atoms in total. The molecule has 1 rings (SSSR count). The summed E-state index contributed by atoms with van der Waals surface area (Å²) in [5, 5.41) is -4.06. The highest BCUT2D eigenvalue weighted by Crippen LogP contribution is 2.23. The Morgan fingerprint density at radius 1 is 1.33 bits per heavy atom. The molecular weight excluding hydrogens is 236 g/mol. The molecule has 82 valence electrons. The lowest BCUT2D eigenvalue weighted by Gasteiger charge is -2.07. The number of carbonyl (C=O) groups excluding carboxylic acids is 1. The molecule has 0 atom stereocenters. The zero-order valence-electron chi connectivity index (χ0n) is 7.24. The van der Waals surface area contributed by atoms with Gasteiger partial charge in [-0.05, 0) is 23.2 Å². The highest BCUT2D eigenvalue weighted by Gasteiger charge is 2.35. The van der Waals surface area contributed by atoms with Gasteiger partial charge in [0, 0.05) is 6.42 Å². The molecule has 0 aliphatic rings. The van der Waals surface area contributed by atoms with E-state index in [4.69, 9.17) is 0 Å². The van der Waals surface area contributed by atoms with E-state index in [1.807, 2.05) is 0 Å². The maximum atomic E-state index is 12.9. The molecular formula is C9H5ClF4O. The summed E-state index contributed by atoms with van der Waals surface area (Å²) >= 11 is 4.43. The predicted octanol–water partition coefficient (Wildman–Crippen LogP) is 2.91. The monoisotopic (exact) mass is 240 g/mol. The third-order valence-electron chi connectivity index (χ3n) is 1.70. The van der Waals surface area contributed by atoms with Crippen LogP contribution in [0, 0.1) is 11.6 Å². The van der Waals surface area contributed by atoms with Gasteiger partial charge >= 0.3 is 5.38 Å². The molecule has 1 aromatic rings. The number of Topliss-reactive ketones (excluding diaryl/α,β-unsaturated/α-hetero) is 1. The zero-order chi connectivity index (χ0) is 11.6. The fraction of sp³-hybridized carbons (Fsp3) is 0.222. The number of carbonyl (C=O) groups is 1. The van der Waals surface area contributed by atoms with E-state index < -0.39 is 34.8 Å². The fourth-order valence-corrected chi connectivity index (χ4v) is 1.03. The SMILES string of the molecule is O=C(Cc1cccc(F)c1F)C(F)(F)Cl. The minimum Gasteiger partial charge on any atom is -0.291 e. The minimum atomic E-state index is -4.06. The van der Waals surface area contributed by atoms with Gasteiger partial charge in [0.15, 0.2) is 11.6 Å². The molecule has 0 fully saturated rings. The number of halogens is 5. The second-order valence-electron chi connectivity index (χ2n) is 2.81. The van der Waals surface area contributed by atoms with Crippen molar-refractivity contribution in [3.05, 3.63) is 35.4 Å². The highest BCUT2D eigenvalue weighted by atomic mass is 35.5. The molecule has 0 saturated heterocycles. The Morgan fingerprint density at radius 3 is 2.47 bits per heavy atom. The standard InChI is InChI=1S/C9H5ClF4O/c10-9(13,14)7(15)4-5-2-1-3-6(11)8(5)12/h1-3H,4H2. The van der Waals surface area contributed by atoms with Crippen molar-refractivity contribution in [3.8, 4) is 0 Å². The minimum absolute atomic E-state index is 0.444. The van der Waals surface area contributed by atoms with Gasteiger partial charge in [0.2, 0.25) is 5.78 Å². The average Bonchev–Trinajstić information content (AvgIpc) is 2.11. The summed E-state index contributed by atoms with van der Waals surface area (Å²) in [5.41, 5.74) is -0.444. The first-order valence-electron chi connectivity index (χ1n) is 3.85. The topological polar surface area (TPSA) is 17.1 Å². The number of benzene rings is 1. The highest BCUT2D eigenvalue weighted by molar-refractivity contribution is 6.32. The molecule has 0 unspecified atom stereocenters. The van der Waals surface area contributed by atoms with Gasteiger partial charge in [-0.15, -0.1) is 0 Å². The van der Waals surface area contributed by atoms with Crippen LogP contribution in [0.1, 0.15) is 5.56 Å². The van der Waals surface area contributed by atoms with E-state index in [0.717, 1.165) is 18.2 Å². The molecule has 0 amide bonds. The Kier molecular flexibility index (Phi) is 3.34. The van der Waals surface area contributed by atoms with Crippen molar-refractivity contribution in [1.29, 1.82) is 0 Å². The predicted molar refractivity (Wildman–Crippen MR) is 45.9 cm³/mol. The van der Waals surface area contributed by atoms with Crippen molar-refractivity contribution in [2.45, 2.75) is 11.8 Å². The Morgan fingerprint density at radius 2 is 1.93 bits per heavy atom. The molecule has 0 aliphatic heterocycles. The first-order chi connectivity index (χ1) is 6.82. The second-order valence-corrected chi connectivity index (χ2v) is 3.29. The summed E-state index contributed by atoms with van der Waals surface area (Å²) < 4.78 is 50.0. The zero-order valence-corrected chi connectivity index (χ0v) is 7.99. The summed E-state index contributed by atoms with van der Waals surface area (Å²) in [4.78, 5) is 10.7. The molecule has 0 radical (unpaired) electrons. The lowest BCUT2D eigenvalue weighted by Crippen LogP contribution is -2.23. The van der Waals surface area contributed by atoms with Crippen LogP contribution in [0.3, 0.4) is 0 Å². The van der Waals surface area contributed by atoms with E-state index in [1.165, 1.54) is 0 Å². The van der Waals surface area contributed by atoms with Gasteiger partial charge in [-0.25, -0.2) is 8.78 Å². The van der Waals surface area contributed by atoms with E-state index in [0.29, 0.717) is 0 Å². The fourth-order valence-electron chi connectivity index (χ4n) is 0.958. The van der Waals surface area contributed by atoms with Crippen LogP contribution in [0.5, 0.6) is 0 Å². The lowest BCUT2D eigenvalue weighted by atomic mass is 10.1. The van der Waals surface area contributed by atoms with Crippen LogP contribution < -0.4 is 0 Å². The van der Waals surface area contributed by atoms with Crippen LogP contribution in [-0.2, 0) is 11.2 Å². The summed E-state index contributed by atoms with van der Waals surface area (Å²) in [6.45, 7) is 0. The Hall–Kier alpha value is -1.10. The number of hydrogen-bond donors (Lipinski definition) is 0. The van der Waals surface area contributed by atoms with Gasteiger partial charge in [-0.3, -0.25) is 4.79 Å². The summed E-state index contributed by atoms with van der Waals surface area (Å²) in [6, 6.07) is 2.98. The van der Waals surface area contributed by atoms with Crippen molar-refractivity contribution in [2.24, 2.45) is 0 Å². The van der Waals surface area contributed by atoms with E-state index >= 15 is 0 Å². The van der Waals surface area contributed by atoms with Crippen molar-refractivity contribution in [2.75, 3.05) is 0 Å². The third-order valence-corrected chi connectivity index (χ3v) is 1.91. The summed E-state index contributed by atoms with van der Waals surface area (Å²) in [7, 11) is 0. The number of ketones is 1. The van der Waals surface area contributed by atoms with Gasteiger partial charge in [0.1, 0.15) is 0 Å². The lowest BCUT2D eigenvalue weighted by molar-refractivity contribution is -0.132. The molecule has 0 aliphatic carbocycles. The molecule has 0 spiro atoms. The normalized spacial score (nSPS) is 11.5. The molecule has 15 heavy (non-hydrogen) atoms. The number of rotatable bonds is 3. The largest absolute Gasteiger partial charge is 0.380 e. The van der Waals surface area contributed by atoms with Crippen LogP contribution in [0.4, 0.5) is 17.6 Å². The van der Waals surface area contributed by atoms with Gasteiger partial charge in [0.05, 0.1) is 0 Å². The first-order valence-corrected chi connectivity index (χ1v) is 4.23. The molecule has 0 heterocycles. The second kappa shape index (κ2) is 4.18. The van der Waals surface area contributed by atoms with Crippen LogP contribution in [0.15, 0.2) is 18.2 Å². The molecule has 0 N–H and O–H groups in total. The van der Waals surface area contributed by atoms with Crippen molar-refractivity contribution in [3.63, 3.8) is 0 Å². The van der Waals surface area contributed by atoms with E-state index in [9.17, 15) is 22.4 Å².